The molecule has 162 valence electrons. The summed E-state index contributed by atoms with van der Waals surface area (Å²) in [6.45, 7) is 4.97. The molecule has 2 atom stereocenters. The standard InChI is InChI=1S/C20H26N4O2S.CH2O2/c1-26-14-7-10-24(11-14)17-4-2-3-15-18(22-27-19(15)17)20(25)21-16-12-23-8-5-13(16)6-9-23;2-1-3/h2-4,13-14,16H,5-12H2,1H3,(H,21,25);1H,(H,2,3)/t14-,16+;/m1./s1. The number of piperidine rings is 3. The number of anilines is 1. The number of ether oxygens (including phenoxy) is 1. The number of hydrogen-bond donors (Lipinski definition) is 2. The van der Waals surface area contributed by atoms with E-state index < -0.39 is 0 Å². The summed E-state index contributed by atoms with van der Waals surface area (Å²) in [6, 6.07) is 6.46. The van der Waals surface area contributed by atoms with Crippen LogP contribution in [0.4, 0.5) is 5.69 Å². The van der Waals surface area contributed by atoms with Crippen molar-refractivity contribution in [2.24, 2.45) is 5.92 Å². The molecule has 0 unspecified atom stereocenters. The molecule has 9 heteroatoms. The van der Waals surface area contributed by atoms with Crippen LogP contribution < -0.4 is 10.2 Å². The Kier molecular flexibility index (Phi) is 6.50. The van der Waals surface area contributed by atoms with Gasteiger partial charge in [0.25, 0.3) is 12.4 Å². The number of nitrogens with zero attached hydrogens (tertiary/aromatic N) is 3. The van der Waals surface area contributed by atoms with E-state index in [0.717, 1.165) is 36.1 Å². The van der Waals surface area contributed by atoms with Gasteiger partial charge in [0.2, 0.25) is 0 Å². The van der Waals surface area contributed by atoms with Crippen LogP contribution in [0.5, 0.6) is 0 Å². The Labute approximate surface area is 180 Å². The molecule has 4 aliphatic rings. The first-order chi connectivity index (χ1) is 14.6. The lowest BCUT2D eigenvalue weighted by atomic mass is 9.84. The SMILES string of the molecule is CO[C@@H]1CCN(c2cccc3c(C(=O)N[C@H]4CN5CCC4CC5)nsc23)C1.O=CO. The molecular weight excluding hydrogens is 404 g/mol. The Bertz CT molecular complexity index is 896. The molecule has 6 rings (SSSR count). The van der Waals surface area contributed by atoms with Crippen molar-refractivity contribution in [3.8, 4) is 0 Å². The Hall–Kier alpha value is -2.23. The highest BCUT2D eigenvalue weighted by Crippen LogP contribution is 2.35. The summed E-state index contributed by atoms with van der Waals surface area (Å²) in [6.07, 6.45) is 3.72. The molecule has 0 radical (unpaired) electrons. The topological polar surface area (TPSA) is 95.0 Å². The fraction of sp³-hybridized carbons (Fsp3) is 0.571. The zero-order valence-corrected chi connectivity index (χ0v) is 17.9. The van der Waals surface area contributed by atoms with Crippen molar-refractivity contribution in [2.45, 2.75) is 31.4 Å². The molecule has 4 saturated heterocycles. The zero-order chi connectivity index (χ0) is 21.1. The number of benzene rings is 1. The third-order valence-electron chi connectivity index (χ3n) is 6.48. The summed E-state index contributed by atoms with van der Waals surface area (Å²) in [5.41, 5.74) is 1.75. The number of nitrogens with one attached hydrogen (secondary N) is 1. The molecule has 4 fully saturated rings. The molecule has 1 amide bonds. The van der Waals surface area contributed by atoms with Gasteiger partial charge in [0.05, 0.1) is 16.5 Å². The fourth-order valence-electron chi connectivity index (χ4n) is 4.87. The molecule has 2 aromatic rings. The maximum Gasteiger partial charge on any atom is 0.290 e. The molecule has 5 heterocycles. The maximum atomic E-state index is 13.0. The molecular formula is C21H28N4O4S. The van der Waals surface area contributed by atoms with E-state index in [-0.39, 0.29) is 24.5 Å². The van der Waals surface area contributed by atoms with Crippen molar-refractivity contribution in [1.29, 1.82) is 0 Å². The number of carboxylic acid groups (broad SMARTS) is 1. The van der Waals surface area contributed by atoms with Crippen LogP contribution in [0.1, 0.15) is 29.8 Å². The minimum Gasteiger partial charge on any atom is -0.483 e. The number of fused-ring (bicyclic) bond motifs is 4. The average molecular weight is 433 g/mol. The van der Waals surface area contributed by atoms with Crippen molar-refractivity contribution in [3.63, 3.8) is 0 Å². The summed E-state index contributed by atoms with van der Waals surface area (Å²) in [5, 5.41) is 11.1. The third-order valence-corrected chi connectivity index (χ3v) is 7.37. The fourth-order valence-corrected chi connectivity index (χ4v) is 5.78. The van der Waals surface area contributed by atoms with Crippen LogP contribution >= 0.6 is 11.5 Å². The van der Waals surface area contributed by atoms with Gasteiger partial charge >= 0.3 is 0 Å². The van der Waals surface area contributed by atoms with Gasteiger partial charge in [-0.05, 0) is 55.9 Å². The Morgan fingerprint density at radius 3 is 2.67 bits per heavy atom. The number of amides is 1. The molecule has 2 N–H and O–H groups in total. The monoisotopic (exact) mass is 432 g/mol. The minimum atomic E-state index is -0.250. The first-order valence-electron chi connectivity index (χ1n) is 10.4. The van der Waals surface area contributed by atoms with E-state index in [4.69, 9.17) is 14.6 Å². The van der Waals surface area contributed by atoms with Crippen molar-refractivity contribution < 1.29 is 19.4 Å². The normalized spacial score (nSPS) is 27.6. The van der Waals surface area contributed by atoms with Crippen molar-refractivity contribution in [2.75, 3.05) is 44.7 Å². The molecule has 2 bridgehead atoms. The van der Waals surface area contributed by atoms with Gasteiger partial charge in [-0.1, -0.05) is 12.1 Å². The second kappa shape index (κ2) is 9.28. The molecule has 8 nitrogen and oxygen atoms in total. The van der Waals surface area contributed by atoms with Gasteiger partial charge in [-0.15, -0.1) is 0 Å². The van der Waals surface area contributed by atoms with Crippen LogP contribution in [0.25, 0.3) is 10.1 Å². The van der Waals surface area contributed by atoms with Gasteiger partial charge in [0, 0.05) is 38.2 Å². The largest absolute Gasteiger partial charge is 0.483 e. The lowest BCUT2D eigenvalue weighted by molar-refractivity contribution is -0.122. The predicted molar refractivity (Wildman–Crippen MR) is 116 cm³/mol. The average Bonchev–Trinajstić information content (AvgIpc) is 3.42. The quantitative estimate of drug-likeness (QED) is 0.714. The van der Waals surface area contributed by atoms with Crippen LogP contribution in [0.2, 0.25) is 0 Å². The van der Waals surface area contributed by atoms with E-state index in [2.05, 4.69) is 25.6 Å². The van der Waals surface area contributed by atoms with Gasteiger partial charge in [-0.25, -0.2) is 0 Å². The summed E-state index contributed by atoms with van der Waals surface area (Å²) >= 11 is 1.44. The van der Waals surface area contributed by atoms with Crippen LogP contribution in [0, 0.1) is 5.92 Å². The van der Waals surface area contributed by atoms with Gasteiger partial charge < -0.3 is 25.0 Å². The van der Waals surface area contributed by atoms with E-state index in [1.165, 1.54) is 43.2 Å². The molecule has 0 aliphatic carbocycles. The Balaban J connectivity index is 0.000000687. The smallest absolute Gasteiger partial charge is 0.290 e. The number of rotatable bonds is 4. The van der Waals surface area contributed by atoms with E-state index in [0.29, 0.717) is 11.6 Å². The molecule has 1 aromatic heterocycles. The zero-order valence-electron chi connectivity index (χ0n) is 17.1. The van der Waals surface area contributed by atoms with Gasteiger partial charge in [-0.3, -0.25) is 9.59 Å². The second-order valence-corrected chi connectivity index (χ2v) is 8.87. The van der Waals surface area contributed by atoms with Crippen LogP contribution in [-0.2, 0) is 9.53 Å². The summed E-state index contributed by atoms with van der Waals surface area (Å²) < 4.78 is 11.2. The summed E-state index contributed by atoms with van der Waals surface area (Å²) in [7, 11) is 1.78. The van der Waals surface area contributed by atoms with Crippen LogP contribution in [0.15, 0.2) is 18.2 Å². The summed E-state index contributed by atoms with van der Waals surface area (Å²) in [5.74, 6) is 0.600. The highest BCUT2D eigenvalue weighted by Gasteiger charge is 2.35. The third kappa shape index (κ3) is 4.14. The Morgan fingerprint density at radius 2 is 2.03 bits per heavy atom. The maximum absolute atomic E-state index is 13.0. The second-order valence-electron chi connectivity index (χ2n) is 8.10. The molecule has 0 spiro atoms. The van der Waals surface area contributed by atoms with Gasteiger partial charge in [-0.2, -0.15) is 4.37 Å². The number of methoxy groups -OCH3 is 1. The number of carbonyl (C=O) groups excluding carboxylic acids is 1. The Morgan fingerprint density at radius 1 is 1.27 bits per heavy atom. The molecule has 4 aliphatic heterocycles. The van der Waals surface area contributed by atoms with Crippen molar-refractivity contribution in [1.82, 2.24) is 14.6 Å². The highest BCUT2D eigenvalue weighted by atomic mass is 32.1. The molecule has 1 aromatic carbocycles. The minimum absolute atomic E-state index is 0.0201. The number of hydrogen-bond acceptors (Lipinski definition) is 7. The van der Waals surface area contributed by atoms with Gasteiger partial charge in [0.15, 0.2) is 0 Å². The summed E-state index contributed by atoms with van der Waals surface area (Å²) in [4.78, 5) is 26.1. The lowest BCUT2D eigenvalue weighted by Crippen LogP contribution is -2.57. The lowest BCUT2D eigenvalue weighted by Gasteiger charge is -2.44. The van der Waals surface area contributed by atoms with E-state index in [9.17, 15) is 4.79 Å². The molecule has 30 heavy (non-hydrogen) atoms. The first kappa shape index (κ1) is 21.0. The van der Waals surface area contributed by atoms with Gasteiger partial charge in [0.1, 0.15) is 5.69 Å². The highest BCUT2D eigenvalue weighted by molar-refractivity contribution is 7.14. The van der Waals surface area contributed by atoms with E-state index in [1.54, 1.807) is 7.11 Å². The first-order valence-corrected chi connectivity index (χ1v) is 11.2. The van der Waals surface area contributed by atoms with E-state index in [1.807, 2.05) is 12.1 Å². The predicted octanol–water partition coefficient (Wildman–Crippen LogP) is 2.05. The van der Waals surface area contributed by atoms with Crippen LogP contribution in [-0.4, -0.2) is 78.7 Å². The number of carbonyl (C=O) groups is 2. The van der Waals surface area contributed by atoms with Crippen LogP contribution in [0.3, 0.4) is 0 Å². The molecule has 0 saturated carbocycles. The number of aromatic nitrogens is 1. The van der Waals surface area contributed by atoms with Crippen molar-refractivity contribution >= 4 is 39.7 Å². The van der Waals surface area contributed by atoms with Crippen molar-refractivity contribution in [3.05, 3.63) is 23.9 Å². The van der Waals surface area contributed by atoms with E-state index >= 15 is 0 Å².